The van der Waals surface area contributed by atoms with Gasteiger partial charge in [-0.1, -0.05) is 48.5 Å². The predicted molar refractivity (Wildman–Crippen MR) is 69.3 cm³/mol. The summed E-state index contributed by atoms with van der Waals surface area (Å²) in [6.45, 7) is 0. The molecule has 2 unspecified atom stereocenters. The molecule has 96 valence electrons. The van der Waals surface area contributed by atoms with Crippen molar-refractivity contribution in [1.82, 2.24) is 4.97 Å². The maximum Gasteiger partial charge on any atom is 0.232 e. The lowest BCUT2D eigenvalue weighted by Gasteiger charge is -2.30. The fourth-order valence-electron chi connectivity index (χ4n) is 1.61. The van der Waals surface area contributed by atoms with Gasteiger partial charge in [-0.2, -0.15) is 10.5 Å². The molecule has 5 heteroatoms. The Hall–Kier alpha value is -2.23. The number of quaternary nitrogens is 1. The standard InChI is InChI=1S/C14H12N2O3/c15-11-14(12-7-3-1-4-8-12)19-16(17,18)13-9-5-2-6-10-13/h1-10,14,17H. The Bertz CT molecular complexity index is 564. The van der Waals surface area contributed by atoms with Crippen molar-refractivity contribution in [2.75, 3.05) is 0 Å². The van der Waals surface area contributed by atoms with E-state index in [0.717, 1.165) is 0 Å². The van der Waals surface area contributed by atoms with E-state index < -0.39 is 11.1 Å². The first-order chi connectivity index (χ1) is 9.13. The summed E-state index contributed by atoms with van der Waals surface area (Å²) in [6.07, 6.45) is -1.15. The third-order valence-corrected chi connectivity index (χ3v) is 2.55. The molecule has 0 aliphatic rings. The second-order valence-electron chi connectivity index (χ2n) is 3.88. The second-order valence-corrected chi connectivity index (χ2v) is 3.88. The maximum atomic E-state index is 12.0. The highest BCUT2D eigenvalue weighted by Crippen LogP contribution is 2.26. The van der Waals surface area contributed by atoms with Gasteiger partial charge < -0.3 is 5.21 Å². The second kappa shape index (κ2) is 5.61. The fraction of sp³-hybridized carbons (Fsp3) is 0.0714. The van der Waals surface area contributed by atoms with Crippen molar-refractivity contribution >= 4 is 5.69 Å². The summed E-state index contributed by atoms with van der Waals surface area (Å²) in [7, 11) is 0. The Balaban J connectivity index is 2.22. The normalized spacial score (nSPS) is 15.2. The Morgan fingerprint density at radius 2 is 1.58 bits per heavy atom. The van der Waals surface area contributed by atoms with Crippen LogP contribution in [0, 0.1) is 16.5 Å². The van der Waals surface area contributed by atoms with Gasteiger partial charge >= 0.3 is 0 Å². The van der Waals surface area contributed by atoms with Gasteiger partial charge in [0.25, 0.3) is 0 Å². The monoisotopic (exact) mass is 256 g/mol. The van der Waals surface area contributed by atoms with Gasteiger partial charge in [-0.15, -0.1) is 4.84 Å². The average Bonchev–Trinajstić information content (AvgIpc) is 2.47. The SMILES string of the molecule is N#CC(O[N+]([O-])(O)c1ccccc1)c1ccccc1. The van der Waals surface area contributed by atoms with Crippen molar-refractivity contribution in [3.63, 3.8) is 0 Å². The van der Waals surface area contributed by atoms with Gasteiger partial charge in [0.2, 0.25) is 6.10 Å². The minimum atomic E-state index is -2.05. The molecule has 0 heterocycles. The Morgan fingerprint density at radius 3 is 2.11 bits per heavy atom. The molecule has 2 aromatic rings. The van der Waals surface area contributed by atoms with Gasteiger partial charge in [-0.25, -0.2) is 0 Å². The lowest BCUT2D eigenvalue weighted by atomic mass is 10.1. The van der Waals surface area contributed by atoms with E-state index in [1.807, 2.05) is 6.07 Å². The van der Waals surface area contributed by atoms with Crippen LogP contribution in [0.2, 0.25) is 0 Å². The molecule has 0 spiro atoms. The number of rotatable bonds is 4. The summed E-state index contributed by atoms with van der Waals surface area (Å²) >= 11 is 0. The van der Waals surface area contributed by atoms with Crippen LogP contribution in [0.3, 0.4) is 0 Å². The molecule has 0 bridgehead atoms. The van der Waals surface area contributed by atoms with E-state index in [9.17, 15) is 10.4 Å². The molecular formula is C14H12N2O3. The van der Waals surface area contributed by atoms with Crippen LogP contribution in [0.5, 0.6) is 0 Å². The van der Waals surface area contributed by atoms with Crippen LogP contribution in [0.4, 0.5) is 5.69 Å². The van der Waals surface area contributed by atoms with Crippen LogP contribution in [0.15, 0.2) is 60.7 Å². The number of benzene rings is 2. The van der Waals surface area contributed by atoms with Crippen LogP contribution >= 0.6 is 0 Å². The molecule has 0 saturated carbocycles. The maximum absolute atomic E-state index is 12.0. The van der Waals surface area contributed by atoms with Crippen molar-refractivity contribution in [2.45, 2.75) is 6.10 Å². The van der Waals surface area contributed by atoms with Crippen molar-refractivity contribution in [3.8, 4) is 6.07 Å². The minimum absolute atomic E-state index is 0.00122. The summed E-state index contributed by atoms with van der Waals surface area (Å²) in [5.74, 6) is 0. The molecule has 0 aliphatic heterocycles. The molecule has 2 atom stereocenters. The zero-order valence-corrected chi connectivity index (χ0v) is 10.0. The molecule has 0 saturated heterocycles. The van der Waals surface area contributed by atoms with Gasteiger partial charge in [0, 0.05) is 17.7 Å². The van der Waals surface area contributed by atoms with Crippen LogP contribution in [-0.4, -0.2) is 5.21 Å². The van der Waals surface area contributed by atoms with Crippen molar-refractivity contribution in [3.05, 3.63) is 71.4 Å². The number of para-hydroxylation sites is 1. The number of hydrogen-bond donors (Lipinski definition) is 1. The number of nitriles is 1. The molecule has 0 amide bonds. The predicted octanol–water partition coefficient (Wildman–Crippen LogP) is 3.08. The zero-order chi connectivity index (χ0) is 13.7. The molecule has 0 aliphatic carbocycles. The first-order valence-electron chi connectivity index (χ1n) is 5.65. The molecule has 0 radical (unpaired) electrons. The van der Waals surface area contributed by atoms with Crippen LogP contribution in [0.25, 0.3) is 0 Å². The Morgan fingerprint density at radius 1 is 1.05 bits per heavy atom. The van der Waals surface area contributed by atoms with Crippen LogP contribution < -0.4 is 4.97 Å². The van der Waals surface area contributed by atoms with Crippen LogP contribution in [0.1, 0.15) is 11.7 Å². The largest absolute Gasteiger partial charge is 0.559 e. The first-order valence-corrected chi connectivity index (χ1v) is 5.65. The number of hydrogen-bond acceptors (Lipinski definition) is 4. The highest BCUT2D eigenvalue weighted by molar-refractivity contribution is 5.39. The van der Waals surface area contributed by atoms with E-state index in [-0.39, 0.29) is 5.69 Å². The average molecular weight is 256 g/mol. The molecule has 0 aromatic heterocycles. The van der Waals surface area contributed by atoms with E-state index >= 15 is 0 Å². The van der Waals surface area contributed by atoms with Gasteiger partial charge in [0.15, 0.2) is 5.69 Å². The molecular weight excluding hydrogens is 244 g/mol. The quantitative estimate of drug-likeness (QED) is 0.673. The van der Waals surface area contributed by atoms with Crippen LogP contribution in [-0.2, 0) is 4.84 Å². The van der Waals surface area contributed by atoms with Crippen molar-refractivity contribution < 1.29 is 10.0 Å². The summed E-state index contributed by atoms with van der Waals surface area (Å²) in [5, 5.41) is 30.8. The fourth-order valence-corrected chi connectivity index (χ4v) is 1.61. The molecule has 2 rings (SSSR count). The van der Waals surface area contributed by atoms with E-state index in [4.69, 9.17) is 10.1 Å². The van der Waals surface area contributed by atoms with Gasteiger partial charge in [0.05, 0.1) is 0 Å². The highest BCUT2D eigenvalue weighted by atomic mass is 17.1. The summed E-state index contributed by atoms with van der Waals surface area (Å²) in [4.78, 5) is 2.89. The van der Waals surface area contributed by atoms with E-state index in [2.05, 4.69) is 0 Å². The summed E-state index contributed by atoms with van der Waals surface area (Å²) in [5.41, 5.74) is 0.506. The molecule has 0 fully saturated rings. The third kappa shape index (κ3) is 3.16. The van der Waals surface area contributed by atoms with Gasteiger partial charge in [-0.05, 0) is 4.97 Å². The molecule has 1 N–H and O–H groups in total. The summed E-state index contributed by atoms with van der Waals surface area (Å²) < 4.78 is 0. The molecule has 5 nitrogen and oxygen atoms in total. The summed E-state index contributed by atoms with van der Waals surface area (Å²) in [6, 6.07) is 18.1. The Labute approximate surface area is 110 Å². The number of nitrogens with zero attached hydrogens (tertiary/aromatic N) is 2. The smallest absolute Gasteiger partial charge is 0.232 e. The zero-order valence-electron chi connectivity index (χ0n) is 10.0. The molecule has 19 heavy (non-hydrogen) atoms. The van der Waals surface area contributed by atoms with E-state index in [0.29, 0.717) is 5.56 Å². The topological polar surface area (TPSA) is 76.3 Å². The Kier molecular flexibility index (Phi) is 3.90. The highest BCUT2D eigenvalue weighted by Gasteiger charge is 2.27. The lowest BCUT2D eigenvalue weighted by Crippen LogP contribution is -2.40. The molecule has 2 aromatic carbocycles. The van der Waals surface area contributed by atoms with Gasteiger partial charge in [0.1, 0.15) is 6.07 Å². The van der Waals surface area contributed by atoms with Crippen molar-refractivity contribution in [2.24, 2.45) is 0 Å². The third-order valence-electron chi connectivity index (χ3n) is 2.55. The van der Waals surface area contributed by atoms with Crippen molar-refractivity contribution in [1.29, 1.82) is 5.26 Å². The minimum Gasteiger partial charge on any atom is -0.559 e. The van der Waals surface area contributed by atoms with E-state index in [1.165, 1.54) is 12.1 Å². The van der Waals surface area contributed by atoms with E-state index in [1.54, 1.807) is 48.5 Å². The van der Waals surface area contributed by atoms with Gasteiger partial charge in [-0.3, -0.25) is 0 Å². The lowest BCUT2D eigenvalue weighted by molar-refractivity contribution is -0.306. The first kappa shape index (κ1) is 13.2.